The second-order valence-corrected chi connectivity index (χ2v) is 6.57. The van der Waals surface area contributed by atoms with Gasteiger partial charge in [-0.15, -0.1) is 24.0 Å². The molecule has 26 heavy (non-hydrogen) atoms. The minimum atomic E-state index is 0. The van der Waals surface area contributed by atoms with Crippen molar-refractivity contribution >= 4 is 29.9 Å². The summed E-state index contributed by atoms with van der Waals surface area (Å²) in [6, 6.07) is 4.60. The molecule has 0 bridgehead atoms. The van der Waals surface area contributed by atoms with Gasteiger partial charge in [0, 0.05) is 37.9 Å². The van der Waals surface area contributed by atoms with Gasteiger partial charge in [0.2, 0.25) is 5.88 Å². The summed E-state index contributed by atoms with van der Waals surface area (Å²) < 4.78 is 5.08. The highest BCUT2D eigenvalue weighted by molar-refractivity contribution is 14.0. The summed E-state index contributed by atoms with van der Waals surface area (Å²) in [6.07, 6.45) is 7.01. The maximum atomic E-state index is 5.08. The molecule has 0 aromatic carbocycles. The van der Waals surface area contributed by atoms with E-state index in [0.29, 0.717) is 12.4 Å². The Balaban J connectivity index is 0.00000338. The lowest BCUT2D eigenvalue weighted by atomic mass is 10.0. The maximum Gasteiger partial charge on any atom is 0.212 e. The van der Waals surface area contributed by atoms with Crippen LogP contribution in [-0.4, -0.2) is 55.2 Å². The number of piperidine rings is 1. The lowest BCUT2D eigenvalue weighted by Gasteiger charge is -2.33. The van der Waals surface area contributed by atoms with Crippen molar-refractivity contribution in [1.82, 2.24) is 20.5 Å². The van der Waals surface area contributed by atoms with Crippen molar-refractivity contribution in [3.8, 4) is 5.88 Å². The topological polar surface area (TPSA) is 61.8 Å². The number of rotatable bonds is 8. The molecular weight excluding hydrogens is 441 g/mol. The Morgan fingerprint density at radius 3 is 2.85 bits per heavy atom. The lowest BCUT2D eigenvalue weighted by molar-refractivity contribution is 0.159. The molecule has 0 amide bonds. The first-order chi connectivity index (χ1) is 12.2. The predicted octanol–water partition coefficient (Wildman–Crippen LogP) is 3.03. The summed E-state index contributed by atoms with van der Waals surface area (Å²) >= 11 is 0. The van der Waals surface area contributed by atoms with Crippen LogP contribution in [0.15, 0.2) is 23.3 Å². The van der Waals surface area contributed by atoms with Crippen LogP contribution in [0.2, 0.25) is 0 Å². The molecule has 2 rings (SSSR count). The molecule has 7 heteroatoms. The van der Waals surface area contributed by atoms with Crippen LogP contribution in [0.4, 0.5) is 0 Å². The molecule has 2 N–H and O–H groups in total. The van der Waals surface area contributed by atoms with Crippen molar-refractivity contribution in [3.63, 3.8) is 0 Å². The number of hydrogen-bond acceptors (Lipinski definition) is 4. The largest absolute Gasteiger partial charge is 0.481 e. The second kappa shape index (κ2) is 13.1. The van der Waals surface area contributed by atoms with E-state index in [4.69, 9.17) is 4.74 Å². The van der Waals surface area contributed by atoms with Crippen LogP contribution >= 0.6 is 24.0 Å². The van der Waals surface area contributed by atoms with Gasteiger partial charge in [-0.25, -0.2) is 9.98 Å². The van der Waals surface area contributed by atoms with Gasteiger partial charge in [0.15, 0.2) is 5.96 Å². The van der Waals surface area contributed by atoms with E-state index in [1.165, 1.54) is 25.8 Å². The smallest absolute Gasteiger partial charge is 0.212 e. The van der Waals surface area contributed by atoms with Crippen molar-refractivity contribution < 1.29 is 4.74 Å². The average molecular weight is 475 g/mol. The molecule has 1 saturated heterocycles. The number of methoxy groups -OCH3 is 1. The molecule has 1 unspecified atom stereocenters. The highest BCUT2D eigenvalue weighted by Gasteiger charge is 2.17. The lowest BCUT2D eigenvalue weighted by Crippen LogP contribution is -2.41. The number of halogens is 1. The van der Waals surface area contributed by atoms with Gasteiger partial charge >= 0.3 is 0 Å². The highest BCUT2D eigenvalue weighted by Crippen LogP contribution is 2.16. The number of aromatic nitrogens is 1. The minimum absolute atomic E-state index is 0. The number of aliphatic imine (C=N–C) groups is 1. The molecule has 0 aliphatic carbocycles. The molecule has 148 valence electrons. The summed E-state index contributed by atoms with van der Waals surface area (Å²) in [5.41, 5.74) is 1.07. The first-order valence-electron chi connectivity index (χ1n) is 9.48. The molecule has 0 spiro atoms. The fraction of sp³-hybridized carbons (Fsp3) is 0.684. The number of likely N-dealkylation sites (tertiary alicyclic amines) is 1. The first kappa shape index (κ1) is 23.0. The van der Waals surface area contributed by atoms with E-state index < -0.39 is 0 Å². The van der Waals surface area contributed by atoms with Gasteiger partial charge in [0.05, 0.1) is 13.7 Å². The van der Waals surface area contributed by atoms with Crippen LogP contribution < -0.4 is 15.4 Å². The van der Waals surface area contributed by atoms with Gasteiger partial charge in [0.1, 0.15) is 0 Å². The normalized spacial score (nSPS) is 18.1. The zero-order valence-corrected chi connectivity index (χ0v) is 18.7. The van der Waals surface area contributed by atoms with Crippen LogP contribution in [0.1, 0.15) is 45.1 Å². The standard InChI is InChI=1S/C19H33N5O.HI/c1-4-20-19(23-15-17-9-10-18(25-3)22-14-17)21-11-7-13-24-12-6-5-8-16(24)2;/h9-10,14,16H,4-8,11-13,15H2,1-3H3,(H2,20,21,23);1H. The second-order valence-electron chi connectivity index (χ2n) is 6.57. The van der Waals surface area contributed by atoms with Gasteiger partial charge in [-0.05, 0) is 45.2 Å². The van der Waals surface area contributed by atoms with E-state index in [0.717, 1.165) is 43.6 Å². The number of hydrogen-bond donors (Lipinski definition) is 2. The van der Waals surface area contributed by atoms with E-state index in [2.05, 4.69) is 39.4 Å². The van der Waals surface area contributed by atoms with Gasteiger partial charge in [-0.2, -0.15) is 0 Å². The summed E-state index contributed by atoms with van der Waals surface area (Å²) in [5.74, 6) is 1.50. The van der Waals surface area contributed by atoms with Crippen LogP contribution in [0.25, 0.3) is 0 Å². The maximum absolute atomic E-state index is 5.08. The molecule has 0 radical (unpaired) electrons. The molecule has 1 atom stereocenters. The molecule has 2 heterocycles. The Kier molecular flexibility index (Phi) is 11.6. The van der Waals surface area contributed by atoms with Crippen molar-refractivity contribution in [2.75, 3.05) is 33.3 Å². The van der Waals surface area contributed by atoms with Crippen molar-refractivity contribution in [3.05, 3.63) is 23.9 Å². The predicted molar refractivity (Wildman–Crippen MR) is 119 cm³/mol. The van der Waals surface area contributed by atoms with Gasteiger partial charge in [-0.1, -0.05) is 12.5 Å². The van der Waals surface area contributed by atoms with Crippen molar-refractivity contribution in [1.29, 1.82) is 0 Å². The molecule has 1 aromatic rings. The summed E-state index contributed by atoms with van der Waals surface area (Å²) in [5, 5.41) is 6.74. The fourth-order valence-electron chi connectivity index (χ4n) is 3.12. The van der Waals surface area contributed by atoms with Gasteiger partial charge in [-0.3, -0.25) is 0 Å². The first-order valence-corrected chi connectivity index (χ1v) is 9.48. The van der Waals surface area contributed by atoms with Crippen LogP contribution in [0.5, 0.6) is 5.88 Å². The monoisotopic (exact) mass is 475 g/mol. The van der Waals surface area contributed by atoms with Crippen LogP contribution in [0.3, 0.4) is 0 Å². The number of guanidine groups is 1. The summed E-state index contributed by atoms with van der Waals surface area (Å²) in [6.45, 7) is 9.25. The molecule has 1 aliphatic rings. The third-order valence-electron chi connectivity index (χ3n) is 4.63. The molecule has 6 nitrogen and oxygen atoms in total. The van der Waals surface area contributed by atoms with E-state index in [-0.39, 0.29) is 24.0 Å². The zero-order valence-electron chi connectivity index (χ0n) is 16.3. The van der Waals surface area contributed by atoms with Gasteiger partial charge < -0.3 is 20.3 Å². The molecular formula is C19H34IN5O. The third kappa shape index (κ3) is 8.07. The zero-order chi connectivity index (χ0) is 17.9. The Morgan fingerprint density at radius 2 is 2.19 bits per heavy atom. The molecule has 1 aliphatic heterocycles. The molecule has 1 aromatic heterocycles. The molecule has 0 saturated carbocycles. The van der Waals surface area contributed by atoms with E-state index in [1.54, 1.807) is 7.11 Å². The van der Waals surface area contributed by atoms with Gasteiger partial charge in [0.25, 0.3) is 0 Å². The Morgan fingerprint density at radius 1 is 1.35 bits per heavy atom. The quantitative estimate of drug-likeness (QED) is 0.262. The van der Waals surface area contributed by atoms with Crippen LogP contribution in [0, 0.1) is 0 Å². The van der Waals surface area contributed by atoms with Crippen LogP contribution in [-0.2, 0) is 6.54 Å². The third-order valence-corrected chi connectivity index (χ3v) is 4.63. The fourth-order valence-corrected chi connectivity index (χ4v) is 3.12. The summed E-state index contributed by atoms with van der Waals surface area (Å²) in [4.78, 5) is 11.5. The Labute approximate surface area is 175 Å². The number of pyridine rings is 1. The van der Waals surface area contributed by atoms with E-state index >= 15 is 0 Å². The number of ether oxygens (including phenoxy) is 1. The molecule has 1 fully saturated rings. The van der Waals surface area contributed by atoms with Crippen molar-refractivity contribution in [2.45, 2.75) is 52.1 Å². The highest BCUT2D eigenvalue weighted by atomic mass is 127. The van der Waals surface area contributed by atoms with E-state index in [9.17, 15) is 0 Å². The number of nitrogens with zero attached hydrogens (tertiary/aromatic N) is 3. The number of nitrogens with one attached hydrogen (secondary N) is 2. The van der Waals surface area contributed by atoms with Crippen molar-refractivity contribution in [2.24, 2.45) is 4.99 Å². The SMILES string of the molecule is CCNC(=NCc1ccc(OC)nc1)NCCCN1CCCCC1C.I. The average Bonchev–Trinajstić information content (AvgIpc) is 2.65. The Bertz CT molecular complexity index is 523. The Hall–Kier alpha value is -1.09. The summed E-state index contributed by atoms with van der Waals surface area (Å²) in [7, 11) is 1.62. The minimum Gasteiger partial charge on any atom is -0.481 e. The van der Waals surface area contributed by atoms with E-state index in [1.807, 2.05) is 18.3 Å².